The van der Waals surface area contributed by atoms with E-state index in [1.54, 1.807) is 12.3 Å². The van der Waals surface area contributed by atoms with Crippen molar-refractivity contribution in [3.8, 4) is 5.88 Å². The van der Waals surface area contributed by atoms with Gasteiger partial charge in [0.1, 0.15) is 11.6 Å². The lowest BCUT2D eigenvalue weighted by atomic mass is 10.0. The molecule has 53 heavy (non-hydrogen) atoms. The van der Waals surface area contributed by atoms with Crippen molar-refractivity contribution in [3.05, 3.63) is 121 Å². The fourth-order valence-corrected chi connectivity index (χ4v) is 6.51. The van der Waals surface area contributed by atoms with E-state index in [4.69, 9.17) is 9.72 Å². The number of rotatable bonds is 21. The first-order chi connectivity index (χ1) is 26.0. The van der Waals surface area contributed by atoms with Crippen molar-refractivity contribution in [3.63, 3.8) is 0 Å². The molecule has 280 valence electrons. The van der Waals surface area contributed by atoms with Crippen LogP contribution in [0.5, 0.6) is 5.88 Å². The second-order valence-electron chi connectivity index (χ2n) is 13.5. The molecule has 5 rings (SSSR count). The Balaban J connectivity index is 0.998. The van der Waals surface area contributed by atoms with Gasteiger partial charge in [0.2, 0.25) is 17.8 Å². The van der Waals surface area contributed by atoms with Gasteiger partial charge in [0.25, 0.3) is 0 Å². The highest BCUT2D eigenvalue weighted by atomic mass is 19.1. The number of allylic oxidation sites excluding steroid dienone is 8. The molecule has 1 fully saturated rings. The van der Waals surface area contributed by atoms with E-state index in [1.807, 2.05) is 37.4 Å². The van der Waals surface area contributed by atoms with Gasteiger partial charge in [-0.25, -0.2) is 14.4 Å². The van der Waals surface area contributed by atoms with Crippen LogP contribution in [-0.2, 0) is 11.3 Å². The van der Waals surface area contributed by atoms with E-state index in [0.717, 1.165) is 93.4 Å². The molecule has 0 N–H and O–H groups in total. The zero-order valence-corrected chi connectivity index (χ0v) is 31.5. The fourth-order valence-electron chi connectivity index (χ4n) is 6.51. The number of ether oxygens (including phenoxy) is 1. The zero-order chi connectivity index (χ0) is 37.1. The maximum atomic E-state index is 13.6. The second-order valence-corrected chi connectivity index (χ2v) is 13.5. The molecule has 0 aliphatic carbocycles. The summed E-state index contributed by atoms with van der Waals surface area (Å²) in [5, 5.41) is 0. The third kappa shape index (κ3) is 12.5. The third-order valence-corrected chi connectivity index (χ3v) is 9.54. The molecule has 2 aromatic carbocycles. The molecule has 1 aliphatic heterocycles. The number of halogens is 1. The van der Waals surface area contributed by atoms with Crippen molar-refractivity contribution < 1.29 is 13.9 Å². The molecule has 9 heteroatoms. The number of hydrogen-bond acceptors (Lipinski definition) is 7. The standard InChI is InChI=1S/C44H55FN6O2/c1-3-4-5-6-7-8-9-10-11-12-13-14-15-16-17-20-39(52)30-34-53-42-27-31-46-43(48-42)49(2)38-28-32-50(33-29-38)44-47-40-21-18-19-22-41(40)51(44)35-36-23-25-37(45)26-24-36/h4-5,7-8,10-11,13-14,18-19,21-27,31,38H,3,6,9,12,15-17,20,28-30,32-35H2,1-2H3. The van der Waals surface area contributed by atoms with Crippen molar-refractivity contribution >= 4 is 28.7 Å². The van der Waals surface area contributed by atoms with Crippen molar-refractivity contribution in [1.82, 2.24) is 19.5 Å². The Labute approximate surface area is 314 Å². The number of carbonyl (C=O) groups excluding carboxylic acids is 1. The van der Waals surface area contributed by atoms with Crippen molar-refractivity contribution in [2.75, 3.05) is 36.5 Å². The Morgan fingerprint density at radius 3 is 2.30 bits per heavy atom. The Hall–Kier alpha value is -5.05. The molecule has 0 radical (unpaired) electrons. The van der Waals surface area contributed by atoms with Crippen LogP contribution in [0.1, 0.15) is 83.1 Å². The normalized spacial score (nSPS) is 14.1. The Bertz CT molecular complexity index is 1820. The van der Waals surface area contributed by atoms with Crippen molar-refractivity contribution in [2.45, 2.75) is 90.1 Å². The van der Waals surface area contributed by atoms with Crippen LogP contribution in [0.2, 0.25) is 0 Å². The summed E-state index contributed by atoms with van der Waals surface area (Å²) in [4.78, 5) is 31.2. The number of piperidine rings is 1. The minimum atomic E-state index is -0.234. The summed E-state index contributed by atoms with van der Waals surface area (Å²) in [6.07, 6.45) is 29.1. The Kier molecular flexibility index (Phi) is 15.9. The number of ketones is 1. The maximum absolute atomic E-state index is 13.6. The van der Waals surface area contributed by atoms with Crippen LogP contribution in [-0.4, -0.2) is 58.1 Å². The highest BCUT2D eigenvalue weighted by Gasteiger charge is 2.27. The molecule has 0 bridgehead atoms. The predicted molar refractivity (Wildman–Crippen MR) is 215 cm³/mol. The molecule has 8 nitrogen and oxygen atoms in total. The van der Waals surface area contributed by atoms with Crippen LogP contribution < -0.4 is 14.5 Å². The lowest BCUT2D eigenvalue weighted by molar-refractivity contribution is -0.119. The summed E-state index contributed by atoms with van der Waals surface area (Å²) < 4.78 is 21.7. The number of benzene rings is 2. The molecule has 1 aliphatic rings. The minimum Gasteiger partial charge on any atom is -0.477 e. The van der Waals surface area contributed by atoms with Crippen LogP contribution in [0.3, 0.4) is 0 Å². The first-order valence-corrected chi connectivity index (χ1v) is 19.3. The smallest absolute Gasteiger partial charge is 0.228 e. The van der Waals surface area contributed by atoms with Gasteiger partial charge >= 0.3 is 0 Å². The highest BCUT2D eigenvalue weighted by molar-refractivity contribution is 5.79. The van der Waals surface area contributed by atoms with Gasteiger partial charge in [-0.3, -0.25) is 4.79 Å². The molecule has 0 amide bonds. The zero-order valence-electron chi connectivity index (χ0n) is 31.5. The van der Waals surface area contributed by atoms with Crippen LogP contribution >= 0.6 is 0 Å². The number of imidazole rings is 1. The number of hydrogen-bond donors (Lipinski definition) is 0. The summed E-state index contributed by atoms with van der Waals surface area (Å²) in [5.74, 6) is 2.03. The Morgan fingerprint density at radius 2 is 1.57 bits per heavy atom. The van der Waals surface area contributed by atoms with Crippen LogP contribution in [0.4, 0.5) is 16.3 Å². The van der Waals surface area contributed by atoms with Gasteiger partial charge in [-0.2, -0.15) is 4.98 Å². The molecule has 0 saturated carbocycles. The summed E-state index contributed by atoms with van der Waals surface area (Å²) in [7, 11) is 2.03. The molecule has 1 saturated heterocycles. The quantitative estimate of drug-likeness (QED) is 0.0627. The molecule has 0 unspecified atom stereocenters. The summed E-state index contributed by atoms with van der Waals surface area (Å²) >= 11 is 0. The topological polar surface area (TPSA) is 76.4 Å². The maximum Gasteiger partial charge on any atom is 0.228 e. The number of nitrogens with zero attached hydrogens (tertiary/aromatic N) is 6. The Morgan fingerprint density at radius 1 is 0.868 bits per heavy atom. The largest absolute Gasteiger partial charge is 0.477 e. The van der Waals surface area contributed by atoms with E-state index in [1.165, 1.54) is 12.1 Å². The average Bonchev–Trinajstić information content (AvgIpc) is 3.55. The molecule has 4 aromatic rings. The number of carbonyl (C=O) groups is 1. The summed E-state index contributed by atoms with van der Waals surface area (Å²) in [6.45, 7) is 4.76. The van der Waals surface area contributed by atoms with Crippen LogP contribution in [0.25, 0.3) is 11.0 Å². The van der Waals surface area contributed by atoms with E-state index >= 15 is 0 Å². The van der Waals surface area contributed by atoms with E-state index in [2.05, 4.69) is 85.9 Å². The summed E-state index contributed by atoms with van der Waals surface area (Å²) in [6, 6.07) is 16.9. The third-order valence-electron chi connectivity index (χ3n) is 9.54. The van der Waals surface area contributed by atoms with Crippen molar-refractivity contribution in [1.29, 1.82) is 0 Å². The lowest BCUT2D eigenvalue weighted by Crippen LogP contribution is -2.44. The highest BCUT2D eigenvalue weighted by Crippen LogP contribution is 2.28. The first-order valence-electron chi connectivity index (χ1n) is 19.3. The number of Topliss-reactive ketones (excluding diaryl/α,β-unsaturated/α-hetero) is 1. The molecular formula is C44H55FN6O2. The SMILES string of the molecule is CCC=CCC=CCC=CCC=CCCCCC(=O)CCOc1ccnc(N(C)C2CCN(c3nc4ccccc4n3Cc3ccc(F)cc3)CC2)n1. The van der Waals surface area contributed by atoms with Crippen LogP contribution in [0.15, 0.2) is 109 Å². The predicted octanol–water partition coefficient (Wildman–Crippen LogP) is 9.82. The van der Waals surface area contributed by atoms with Gasteiger partial charge in [-0.1, -0.05) is 79.8 Å². The molecule has 0 spiro atoms. The monoisotopic (exact) mass is 718 g/mol. The minimum absolute atomic E-state index is 0.222. The van der Waals surface area contributed by atoms with Gasteiger partial charge < -0.3 is 19.1 Å². The van der Waals surface area contributed by atoms with E-state index in [9.17, 15) is 9.18 Å². The average molecular weight is 719 g/mol. The summed E-state index contributed by atoms with van der Waals surface area (Å²) in [5.41, 5.74) is 3.05. The first kappa shape index (κ1) is 39.2. The number of para-hydroxylation sites is 2. The molecule has 2 aromatic heterocycles. The van der Waals surface area contributed by atoms with Gasteiger partial charge in [-0.15, -0.1) is 0 Å². The number of anilines is 2. The second kappa shape index (κ2) is 21.5. The molecule has 0 atom stereocenters. The van der Waals surface area contributed by atoms with Gasteiger partial charge in [-0.05, 0) is 87.6 Å². The van der Waals surface area contributed by atoms with E-state index in [0.29, 0.717) is 37.8 Å². The molecular weight excluding hydrogens is 664 g/mol. The van der Waals surface area contributed by atoms with Crippen LogP contribution in [0, 0.1) is 5.82 Å². The van der Waals surface area contributed by atoms with E-state index in [-0.39, 0.29) is 17.6 Å². The number of aromatic nitrogens is 4. The van der Waals surface area contributed by atoms with Crippen molar-refractivity contribution in [2.24, 2.45) is 0 Å². The number of fused-ring (bicyclic) bond motifs is 1. The lowest BCUT2D eigenvalue weighted by Gasteiger charge is -2.37. The molecule has 3 heterocycles. The van der Waals surface area contributed by atoms with Gasteiger partial charge in [0.15, 0.2) is 0 Å². The number of unbranched alkanes of at least 4 members (excludes halogenated alkanes) is 2. The van der Waals surface area contributed by atoms with E-state index < -0.39 is 0 Å². The fraction of sp³-hybridized carbons (Fsp3) is 0.409. The van der Waals surface area contributed by atoms with Gasteiger partial charge in [0.05, 0.1) is 24.2 Å². The van der Waals surface area contributed by atoms with Gasteiger partial charge in [0, 0.05) is 51.3 Å².